The van der Waals surface area contributed by atoms with Crippen LogP contribution in [0.1, 0.15) is 31.2 Å². The summed E-state index contributed by atoms with van der Waals surface area (Å²) >= 11 is 0. The molecule has 1 aromatic heterocycles. The summed E-state index contributed by atoms with van der Waals surface area (Å²) in [5.74, 6) is 0. The van der Waals surface area contributed by atoms with Crippen LogP contribution in [0.2, 0.25) is 0 Å². The van der Waals surface area contributed by atoms with Crippen molar-refractivity contribution < 1.29 is 21.6 Å². The van der Waals surface area contributed by atoms with Crippen molar-refractivity contribution in [1.29, 1.82) is 0 Å². The number of sulfonamides is 1. The van der Waals surface area contributed by atoms with Crippen LogP contribution >= 0.6 is 0 Å². The first kappa shape index (κ1) is 17.9. The minimum Gasteiger partial charge on any atom is -0.311 e. The smallest absolute Gasteiger partial charge is 0.311 e. The fourth-order valence-corrected chi connectivity index (χ4v) is 3.12. The average Bonchev–Trinajstić information content (AvgIpc) is 2.69. The highest BCUT2D eigenvalue weighted by atomic mass is 32.2. The molecule has 0 aliphatic carbocycles. The van der Waals surface area contributed by atoms with E-state index in [0.717, 1.165) is 6.42 Å². The number of H-pyrrole nitrogens is 1. The van der Waals surface area contributed by atoms with E-state index in [-0.39, 0.29) is 17.1 Å². The van der Waals surface area contributed by atoms with Gasteiger partial charge in [0, 0.05) is 13.1 Å². The summed E-state index contributed by atoms with van der Waals surface area (Å²) in [4.78, 5) is -0.0896. The highest BCUT2D eigenvalue weighted by Gasteiger charge is 2.29. The van der Waals surface area contributed by atoms with Gasteiger partial charge in [-0.1, -0.05) is 6.92 Å². The fraction of sp³-hybridized carbons (Fsp3) is 0.727. The first-order valence-electron chi connectivity index (χ1n) is 6.48. The lowest BCUT2D eigenvalue weighted by Crippen LogP contribution is -2.29. The molecule has 3 N–H and O–H groups in total. The van der Waals surface area contributed by atoms with E-state index < -0.39 is 29.2 Å². The van der Waals surface area contributed by atoms with E-state index in [0.29, 0.717) is 12.2 Å². The molecule has 1 heterocycles. The monoisotopic (exact) mass is 328 g/mol. The minimum atomic E-state index is -4.40. The molecule has 0 aliphatic heterocycles. The SMILES string of the molecule is CCCNCc1n[nH]c(C)c1S(=O)(=O)NCCC(F)(F)F. The fourth-order valence-electron chi connectivity index (χ4n) is 1.73. The van der Waals surface area contributed by atoms with Crippen molar-refractivity contribution in [2.45, 2.75) is 44.3 Å². The highest BCUT2D eigenvalue weighted by Crippen LogP contribution is 2.20. The molecule has 0 amide bonds. The molecule has 6 nitrogen and oxygen atoms in total. The number of aryl methyl sites for hydroxylation is 1. The molecule has 10 heteroatoms. The number of aromatic nitrogens is 2. The number of rotatable bonds is 8. The number of nitrogens with zero attached hydrogens (tertiary/aromatic N) is 1. The Kier molecular flexibility index (Phi) is 6.17. The summed E-state index contributed by atoms with van der Waals surface area (Å²) in [7, 11) is -4.02. The Morgan fingerprint density at radius 1 is 1.29 bits per heavy atom. The van der Waals surface area contributed by atoms with E-state index in [9.17, 15) is 21.6 Å². The molecule has 0 atom stereocenters. The molecule has 0 aromatic carbocycles. The zero-order chi connectivity index (χ0) is 16.1. The Bertz CT molecular complexity index is 554. The predicted octanol–water partition coefficient (Wildman–Crippen LogP) is 1.45. The highest BCUT2D eigenvalue weighted by molar-refractivity contribution is 7.89. The van der Waals surface area contributed by atoms with Gasteiger partial charge in [0.15, 0.2) is 0 Å². The predicted molar refractivity (Wildman–Crippen MR) is 71.2 cm³/mol. The minimum absolute atomic E-state index is 0.0896. The molecule has 122 valence electrons. The maximum absolute atomic E-state index is 12.1. The van der Waals surface area contributed by atoms with Gasteiger partial charge >= 0.3 is 6.18 Å². The first-order chi connectivity index (χ1) is 9.67. The zero-order valence-corrected chi connectivity index (χ0v) is 12.7. The van der Waals surface area contributed by atoms with Gasteiger partial charge in [-0.3, -0.25) is 5.10 Å². The number of alkyl halides is 3. The van der Waals surface area contributed by atoms with E-state index in [2.05, 4.69) is 15.5 Å². The van der Waals surface area contributed by atoms with Crippen LogP contribution in [0.3, 0.4) is 0 Å². The molecule has 1 rings (SSSR count). The Balaban J connectivity index is 2.80. The molecule has 0 radical (unpaired) electrons. The first-order valence-corrected chi connectivity index (χ1v) is 7.96. The number of aromatic amines is 1. The molecule has 21 heavy (non-hydrogen) atoms. The molecule has 0 bridgehead atoms. The van der Waals surface area contributed by atoms with Crippen LogP contribution in [0.5, 0.6) is 0 Å². The van der Waals surface area contributed by atoms with Crippen molar-refractivity contribution in [2.75, 3.05) is 13.1 Å². The third-order valence-electron chi connectivity index (χ3n) is 2.65. The van der Waals surface area contributed by atoms with Crippen molar-refractivity contribution in [3.63, 3.8) is 0 Å². The van der Waals surface area contributed by atoms with Gasteiger partial charge in [0.1, 0.15) is 4.90 Å². The molecule has 1 aromatic rings. The van der Waals surface area contributed by atoms with Crippen LogP contribution in [0.15, 0.2) is 4.90 Å². The maximum Gasteiger partial charge on any atom is 0.390 e. The second kappa shape index (κ2) is 7.23. The van der Waals surface area contributed by atoms with Gasteiger partial charge in [-0.2, -0.15) is 18.3 Å². The standard InChI is InChI=1S/C11H19F3N4O2S/c1-3-5-15-7-9-10(8(2)17-18-9)21(19,20)16-6-4-11(12,13)14/h15-16H,3-7H2,1-2H3,(H,17,18). The molecule has 0 unspecified atom stereocenters. The van der Waals surface area contributed by atoms with Gasteiger partial charge in [0.25, 0.3) is 0 Å². The average molecular weight is 328 g/mol. The lowest BCUT2D eigenvalue weighted by Gasteiger charge is -2.10. The van der Waals surface area contributed by atoms with E-state index in [1.165, 1.54) is 6.92 Å². The molecular formula is C11H19F3N4O2S. The van der Waals surface area contributed by atoms with Crippen molar-refractivity contribution in [3.8, 4) is 0 Å². The van der Waals surface area contributed by atoms with Gasteiger partial charge in [-0.15, -0.1) is 0 Å². The van der Waals surface area contributed by atoms with Crippen LogP contribution in [0, 0.1) is 6.92 Å². The van der Waals surface area contributed by atoms with Crippen molar-refractivity contribution in [3.05, 3.63) is 11.4 Å². The quantitative estimate of drug-likeness (QED) is 0.630. The van der Waals surface area contributed by atoms with E-state index in [4.69, 9.17) is 0 Å². The third kappa shape index (κ3) is 5.64. The number of nitrogens with one attached hydrogen (secondary N) is 3. The van der Waals surface area contributed by atoms with Crippen molar-refractivity contribution >= 4 is 10.0 Å². The lowest BCUT2D eigenvalue weighted by atomic mass is 10.3. The molecule has 0 saturated heterocycles. The second-order valence-electron chi connectivity index (χ2n) is 4.56. The topological polar surface area (TPSA) is 86.9 Å². The van der Waals surface area contributed by atoms with E-state index >= 15 is 0 Å². The molecule has 0 aliphatic rings. The number of hydrogen-bond acceptors (Lipinski definition) is 4. The molecule has 0 spiro atoms. The van der Waals surface area contributed by atoms with Crippen LogP contribution in [-0.2, 0) is 16.6 Å². The Hall–Kier alpha value is -1.13. The van der Waals surface area contributed by atoms with Crippen LogP contribution in [0.25, 0.3) is 0 Å². The van der Waals surface area contributed by atoms with E-state index in [1.54, 1.807) is 0 Å². The van der Waals surface area contributed by atoms with Gasteiger partial charge in [0.2, 0.25) is 10.0 Å². The van der Waals surface area contributed by atoms with Gasteiger partial charge in [-0.25, -0.2) is 13.1 Å². The van der Waals surface area contributed by atoms with E-state index in [1.807, 2.05) is 11.6 Å². The normalized spacial score (nSPS) is 12.8. The zero-order valence-electron chi connectivity index (χ0n) is 11.8. The summed E-state index contributed by atoms with van der Waals surface area (Å²) < 4.78 is 62.4. The second-order valence-corrected chi connectivity index (χ2v) is 6.27. The number of halogens is 3. The van der Waals surface area contributed by atoms with Crippen LogP contribution in [-0.4, -0.2) is 37.9 Å². The van der Waals surface area contributed by atoms with Crippen molar-refractivity contribution in [2.24, 2.45) is 0 Å². The summed E-state index contributed by atoms with van der Waals surface area (Å²) in [5.41, 5.74) is 0.559. The summed E-state index contributed by atoms with van der Waals surface area (Å²) in [6.45, 7) is 3.69. The van der Waals surface area contributed by atoms with Gasteiger partial charge in [-0.05, 0) is 19.9 Å². The van der Waals surface area contributed by atoms with Crippen LogP contribution < -0.4 is 10.0 Å². The Labute approximate surface area is 121 Å². The van der Waals surface area contributed by atoms with Crippen molar-refractivity contribution in [1.82, 2.24) is 20.2 Å². The Morgan fingerprint density at radius 3 is 2.52 bits per heavy atom. The maximum atomic E-state index is 12.1. The van der Waals surface area contributed by atoms with Gasteiger partial charge in [0.05, 0.1) is 17.8 Å². The number of hydrogen-bond donors (Lipinski definition) is 3. The largest absolute Gasteiger partial charge is 0.390 e. The summed E-state index contributed by atoms with van der Waals surface area (Å²) in [6.07, 6.45) is -4.75. The summed E-state index contributed by atoms with van der Waals surface area (Å²) in [5, 5.41) is 9.43. The Morgan fingerprint density at radius 2 is 1.95 bits per heavy atom. The molecular weight excluding hydrogens is 309 g/mol. The van der Waals surface area contributed by atoms with Gasteiger partial charge < -0.3 is 5.32 Å². The molecule has 0 saturated carbocycles. The lowest BCUT2D eigenvalue weighted by molar-refractivity contribution is -0.132. The summed E-state index contributed by atoms with van der Waals surface area (Å²) in [6, 6.07) is 0. The molecule has 0 fully saturated rings. The van der Waals surface area contributed by atoms with Crippen LogP contribution in [0.4, 0.5) is 13.2 Å². The third-order valence-corrected chi connectivity index (χ3v) is 4.31.